The van der Waals surface area contributed by atoms with Crippen molar-refractivity contribution in [2.75, 3.05) is 6.54 Å². The van der Waals surface area contributed by atoms with Crippen molar-refractivity contribution in [2.24, 2.45) is 23.2 Å². The van der Waals surface area contributed by atoms with Crippen LogP contribution in [0.3, 0.4) is 0 Å². The molecule has 184 valence electrons. The van der Waals surface area contributed by atoms with E-state index in [1.807, 2.05) is 16.8 Å². The number of aryl methyl sites for hydroxylation is 1. The van der Waals surface area contributed by atoms with E-state index >= 15 is 0 Å². The normalized spacial score (nSPS) is 24.2. The van der Waals surface area contributed by atoms with Gasteiger partial charge in [-0.25, -0.2) is 4.68 Å². The van der Waals surface area contributed by atoms with E-state index in [0.717, 1.165) is 57.3 Å². The van der Waals surface area contributed by atoms with Crippen LogP contribution >= 0.6 is 50.5 Å². The van der Waals surface area contributed by atoms with E-state index in [2.05, 4.69) is 41.2 Å². The fourth-order valence-electron chi connectivity index (χ4n) is 6.68. The predicted octanol–water partition coefficient (Wildman–Crippen LogP) is 7.96. The molecule has 4 nitrogen and oxygen atoms in total. The van der Waals surface area contributed by atoms with Gasteiger partial charge in [0.25, 0.3) is 5.91 Å². The molecule has 4 aliphatic carbocycles. The Hall–Kier alpha value is -1.34. The molecule has 3 saturated carbocycles. The molecule has 3 atom stereocenters. The minimum Gasteiger partial charge on any atom is -0.350 e. The quantitative estimate of drug-likeness (QED) is 0.334. The zero-order valence-electron chi connectivity index (χ0n) is 19.8. The summed E-state index contributed by atoms with van der Waals surface area (Å²) >= 11 is 18.2. The number of aromatic nitrogens is 2. The van der Waals surface area contributed by atoms with Crippen molar-refractivity contribution >= 4 is 56.4 Å². The van der Waals surface area contributed by atoms with E-state index in [9.17, 15) is 4.79 Å². The Kier molecular flexibility index (Phi) is 6.11. The van der Waals surface area contributed by atoms with Gasteiger partial charge in [-0.3, -0.25) is 4.79 Å². The van der Waals surface area contributed by atoms with Crippen LogP contribution in [-0.2, 0) is 12.8 Å². The van der Waals surface area contributed by atoms with Gasteiger partial charge in [-0.05, 0) is 107 Å². The highest BCUT2D eigenvalue weighted by atomic mass is 79.9. The third-order valence-corrected chi connectivity index (χ3v) is 11.0. The van der Waals surface area contributed by atoms with Gasteiger partial charge in [0, 0.05) is 17.1 Å². The molecule has 1 N–H and O–H groups in total. The zero-order chi connectivity index (χ0) is 24.5. The maximum absolute atomic E-state index is 13.6. The summed E-state index contributed by atoms with van der Waals surface area (Å²) in [6, 6.07) is 7.61. The highest BCUT2D eigenvalue weighted by Gasteiger charge is 2.54. The van der Waals surface area contributed by atoms with Crippen molar-refractivity contribution < 1.29 is 4.79 Å². The first-order valence-electron chi connectivity index (χ1n) is 12.4. The van der Waals surface area contributed by atoms with Crippen molar-refractivity contribution in [3.05, 3.63) is 54.9 Å². The summed E-state index contributed by atoms with van der Waals surface area (Å²) in [5, 5.41) is 9.25. The summed E-state index contributed by atoms with van der Waals surface area (Å²) in [7, 11) is 0. The summed E-state index contributed by atoms with van der Waals surface area (Å²) in [6.45, 7) is 5.51. The number of hydrogen-bond donors (Lipinski definition) is 1. The molecular weight excluding hydrogens is 565 g/mol. The Labute approximate surface area is 228 Å². The predicted molar refractivity (Wildman–Crippen MR) is 147 cm³/mol. The van der Waals surface area contributed by atoms with Crippen LogP contribution < -0.4 is 5.32 Å². The minimum atomic E-state index is -0.0802. The van der Waals surface area contributed by atoms with Crippen molar-refractivity contribution in [3.63, 3.8) is 0 Å². The fourth-order valence-corrected chi connectivity index (χ4v) is 8.93. The molecular formula is C27H28BrCl2N3OS. The Bertz CT molecular complexity index is 1330. The first kappa shape index (κ1) is 24.0. The molecule has 0 radical (unpaired) electrons. The highest BCUT2D eigenvalue weighted by molar-refractivity contribution is 9.11. The smallest absolute Gasteiger partial charge is 0.272 e. The third-order valence-electron chi connectivity index (χ3n) is 8.73. The first-order chi connectivity index (χ1) is 16.7. The minimum absolute atomic E-state index is 0.0802. The van der Waals surface area contributed by atoms with Gasteiger partial charge in [-0.15, -0.1) is 11.3 Å². The standard InChI is InChI=1S/C27H28BrCl2N3OS/c1-27(2)16-7-6-15(19(27)11-16)13-31-26(34)23-18-5-3-4-14-10-22(28)35-25(14)24(18)33(32-23)21-9-8-17(29)12-20(21)30/h8-10,12,15-16,19H,3-7,11,13H2,1-2H3,(H,31,34). The summed E-state index contributed by atoms with van der Waals surface area (Å²) in [5.74, 6) is 2.03. The van der Waals surface area contributed by atoms with Gasteiger partial charge < -0.3 is 5.32 Å². The second-order valence-electron chi connectivity index (χ2n) is 10.8. The second-order valence-corrected chi connectivity index (χ2v) is 14.1. The molecule has 7 rings (SSSR count). The monoisotopic (exact) mass is 591 g/mol. The van der Waals surface area contributed by atoms with Gasteiger partial charge in [0.15, 0.2) is 5.69 Å². The van der Waals surface area contributed by atoms with Crippen molar-refractivity contribution in [3.8, 4) is 16.3 Å². The van der Waals surface area contributed by atoms with Crippen LogP contribution in [0.15, 0.2) is 28.1 Å². The molecule has 8 heteroatoms. The van der Waals surface area contributed by atoms with E-state index in [0.29, 0.717) is 33.0 Å². The summed E-state index contributed by atoms with van der Waals surface area (Å²) in [6.07, 6.45) is 6.55. The van der Waals surface area contributed by atoms with E-state index in [4.69, 9.17) is 28.3 Å². The lowest BCUT2D eigenvalue weighted by molar-refractivity contribution is -0.103. The average molecular weight is 593 g/mol. The number of rotatable bonds is 4. The van der Waals surface area contributed by atoms with Crippen LogP contribution in [0, 0.1) is 23.2 Å². The number of fused-ring (bicyclic) bond motifs is 5. The lowest BCUT2D eigenvalue weighted by Crippen LogP contribution is -2.54. The lowest BCUT2D eigenvalue weighted by atomic mass is 9.45. The summed E-state index contributed by atoms with van der Waals surface area (Å²) in [5.41, 5.74) is 4.92. The Morgan fingerprint density at radius 2 is 2.09 bits per heavy atom. The number of nitrogens with one attached hydrogen (secondary N) is 1. The molecule has 3 unspecified atom stereocenters. The molecule has 2 heterocycles. The Morgan fingerprint density at radius 1 is 1.26 bits per heavy atom. The van der Waals surface area contributed by atoms with Crippen molar-refractivity contribution in [1.82, 2.24) is 15.1 Å². The number of hydrogen-bond acceptors (Lipinski definition) is 3. The molecule has 0 saturated heterocycles. The largest absolute Gasteiger partial charge is 0.350 e. The van der Waals surface area contributed by atoms with Crippen LogP contribution in [0.4, 0.5) is 0 Å². The van der Waals surface area contributed by atoms with Crippen LogP contribution in [0.2, 0.25) is 10.0 Å². The van der Waals surface area contributed by atoms with Crippen molar-refractivity contribution in [1.29, 1.82) is 0 Å². The second kappa shape index (κ2) is 8.90. The molecule has 4 aliphatic rings. The van der Waals surface area contributed by atoms with Gasteiger partial charge in [0.1, 0.15) is 0 Å². The molecule has 35 heavy (non-hydrogen) atoms. The average Bonchev–Trinajstić information content (AvgIpc) is 3.32. The van der Waals surface area contributed by atoms with Crippen LogP contribution in [0.5, 0.6) is 0 Å². The number of carbonyl (C=O) groups excluding carboxylic acids is 1. The number of benzene rings is 1. The van der Waals surface area contributed by atoms with E-state index in [1.165, 1.54) is 24.8 Å². The Balaban J connectivity index is 1.38. The molecule has 2 bridgehead atoms. The molecule has 0 aliphatic heterocycles. The van der Waals surface area contributed by atoms with Crippen molar-refractivity contribution in [2.45, 2.75) is 52.4 Å². The maximum atomic E-state index is 13.6. The fraction of sp³-hybridized carbons (Fsp3) is 0.481. The zero-order valence-corrected chi connectivity index (χ0v) is 23.8. The number of nitrogens with zero attached hydrogens (tertiary/aromatic N) is 2. The number of carbonyl (C=O) groups is 1. The maximum Gasteiger partial charge on any atom is 0.272 e. The molecule has 3 aromatic rings. The van der Waals surface area contributed by atoms with Gasteiger partial charge in [-0.2, -0.15) is 5.10 Å². The van der Waals surface area contributed by atoms with Gasteiger partial charge in [0.05, 0.1) is 25.1 Å². The lowest BCUT2D eigenvalue weighted by Gasteiger charge is -2.60. The number of thiophene rings is 1. The number of halogens is 3. The summed E-state index contributed by atoms with van der Waals surface area (Å²) in [4.78, 5) is 14.8. The van der Waals surface area contributed by atoms with Crippen LogP contribution in [-0.4, -0.2) is 22.2 Å². The van der Waals surface area contributed by atoms with Crippen LogP contribution in [0.25, 0.3) is 16.3 Å². The topological polar surface area (TPSA) is 46.9 Å². The highest BCUT2D eigenvalue weighted by Crippen LogP contribution is 2.61. The van der Waals surface area contributed by atoms with Crippen LogP contribution in [0.1, 0.15) is 61.1 Å². The molecule has 2 aromatic heterocycles. The molecule has 3 fully saturated rings. The SMILES string of the molecule is CC1(C)C2CCC(CNC(=O)c3nn(-c4ccc(Cl)cc4Cl)c4c3CCCc3cc(Br)sc3-4)C1C2. The Morgan fingerprint density at radius 3 is 2.83 bits per heavy atom. The summed E-state index contributed by atoms with van der Waals surface area (Å²) < 4.78 is 2.94. The van der Waals surface area contributed by atoms with Gasteiger partial charge in [-0.1, -0.05) is 37.0 Å². The number of amides is 1. The van der Waals surface area contributed by atoms with E-state index in [1.54, 1.807) is 17.4 Å². The molecule has 1 amide bonds. The van der Waals surface area contributed by atoms with Gasteiger partial charge >= 0.3 is 0 Å². The first-order valence-corrected chi connectivity index (χ1v) is 14.7. The van der Waals surface area contributed by atoms with E-state index in [-0.39, 0.29) is 5.91 Å². The molecule has 0 spiro atoms. The third kappa shape index (κ3) is 4.00. The van der Waals surface area contributed by atoms with E-state index < -0.39 is 0 Å². The molecule has 1 aromatic carbocycles. The van der Waals surface area contributed by atoms with Gasteiger partial charge in [0.2, 0.25) is 0 Å².